The number of aromatic nitrogens is 3. The second-order valence-electron chi connectivity index (χ2n) is 8.89. The van der Waals surface area contributed by atoms with E-state index in [1.165, 1.54) is 17.3 Å². The van der Waals surface area contributed by atoms with Crippen LogP contribution in [0.5, 0.6) is 17.2 Å². The standard InChI is InChI=1S/C25H25N5O5/c1-33-19-5-2-16(3-6-19)22-23(17-4-7-20-21(12-17)35-15-34-20)30(24(22)31)18-8-10-28(11-9-18)25(32)29-14-26-13-27-29/h2-7,12-14,18,22-23H,8-11,15H2,1H3/t22-,23-/m1/s1. The van der Waals surface area contributed by atoms with Gasteiger partial charge in [-0.25, -0.2) is 9.78 Å². The van der Waals surface area contributed by atoms with E-state index in [1.807, 2.05) is 47.4 Å². The molecule has 0 radical (unpaired) electrons. The maximum absolute atomic E-state index is 13.6. The Kier molecular flexibility index (Phi) is 5.28. The quantitative estimate of drug-likeness (QED) is 0.535. The molecule has 0 bridgehead atoms. The molecule has 0 unspecified atom stereocenters. The number of hydrogen-bond donors (Lipinski definition) is 0. The molecule has 2 aromatic carbocycles. The zero-order valence-electron chi connectivity index (χ0n) is 19.2. The van der Waals surface area contributed by atoms with Crippen LogP contribution < -0.4 is 14.2 Å². The summed E-state index contributed by atoms with van der Waals surface area (Å²) in [6, 6.07) is 13.3. The Hall–Kier alpha value is -4.08. The van der Waals surface area contributed by atoms with Crippen LogP contribution in [0.3, 0.4) is 0 Å². The molecular weight excluding hydrogens is 450 g/mol. The van der Waals surface area contributed by atoms with Crippen LogP contribution >= 0.6 is 0 Å². The number of methoxy groups -OCH3 is 1. The number of rotatable bonds is 4. The summed E-state index contributed by atoms with van der Waals surface area (Å²) in [6.45, 7) is 1.30. The third kappa shape index (κ3) is 3.65. The third-order valence-corrected chi connectivity index (χ3v) is 7.09. The number of β-lactam (4-membered cyclic amide) rings is 1. The fraction of sp³-hybridized carbons (Fsp3) is 0.360. The summed E-state index contributed by atoms with van der Waals surface area (Å²) >= 11 is 0. The first-order valence-corrected chi connectivity index (χ1v) is 11.6. The van der Waals surface area contributed by atoms with Gasteiger partial charge in [-0.1, -0.05) is 18.2 Å². The SMILES string of the molecule is COc1ccc([C@H]2C(=O)N(C3CCN(C(=O)n4cncn4)CC3)[C@@H]2c2ccc3c(c2)OCO3)cc1. The minimum atomic E-state index is -0.295. The Bertz CT molecular complexity index is 1240. The minimum absolute atomic E-state index is 0.0345. The fourth-order valence-corrected chi connectivity index (χ4v) is 5.29. The molecule has 180 valence electrons. The van der Waals surface area contributed by atoms with Crippen molar-refractivity contribution in [3.63, 3.8) is 0 Å². The van der Waals surface area contributed by atoms with Crippen molar-refractivity contribution in [1.82, 2.24) is 24.6 Å². The van der Waals surface area contributed by atoms with E-state index < -0.39 is 0 Å². The van der Waals surface area contributed by atoms with E-state index in [1.54, 1.807) is 12.0 Å². The molecule has 2 saturated heterocycles. The largest absolute Gasteiger partial charge is 0.497 e. The summed E-state index contributed by atoms with van der Waals surface area (Å²) in [5.74, 6) is 1.96. The molecule has 35 heavy (non-hydrogen) atoms. The topological polar surface area (TPSA) is 99.0 Å². The summed E-state index contributed by atoms with van der Waals surface area (Å²) in [5.41, 5.74) is 1.96. The van der Waals surface area contributed by atoms with Crippen molar-refractivity contribution >= 4 is 11.9 Å². The number of benzene rings is 2. The van der Waals surface area contributed by atoms with Gasteiger partial charge in [0.1, 0.15) is 18.4 Å². The summed E-state index contributed by atoms with van der Waals surface area (Å²) < 4.78 is 17.6. The van der Waals surface area contributed by atoms with Gasteiger partial charge in [-0.2, -0.15) is 9.78 Å². The van der Waals surface area contributed by atoms with Gasteiger partial charge in [0.2, 0.25) is 12.7 Å². The molecule has 3 aromatic rings. The predicted octanol–water partition coefficient (Wildman–Crippen LogP) is 2.82. The van der Waals surface area contributed by atoms with Crippen LogP contribution in [-0.4, -0.2) is 69.5 Å². The maximum atomic E-state index is 13.6. The highest BCUT2D eigenvalue weighted by atomic mass is 16.7. The van der Waals surface area contributed by atoms with Gasteiger partial charge in [-0.15, -0.1) is 0 Å². The Balaban J connectivity index is 1.26. The van der Waals surface area contributed by atoms with Gasteiger partial charge >= 0.3 is 6.03 Å². The second-order valence-corrected chi connectivity index (χ2v) is 8.89. The molecule has 1 aromatic heterocycles. The van der Waals surface area contributed by atoms with E-state index in [0.29, 0.717) is 37.4 Å². The Morgan fingerprint density at radius 2 is 1.77 bits per heavy atom. The number of ether oxygens (including phenoxy) is 3. The van der Waals surface area contributed by atoms with E-state index in [0.717, 1.165) is 16.9 Å². The number of piperidine rings is 1. The molecule has 2 fully saturated rings. The molecule has 0 aliphatic carbocycles. The molecule has 10 heteroatoms. The molecule has 3 aliphatic rings. The first-order valence-electron chi connectivity index (χ1n) is 11.6. The number of carbonyl (C=O) groups excluding carboxylic acids is 2. The molecule has 0 N–H and O–H groups in total. The van der Waals surface area contributed by atoms with Crippen LogP contribution in [0.15, 0.2) is 55.1 Å². The molecule has 10 nitrogen and oxygen atoms in total. The Morgan fingerprint density at radius 3 is 2.49 bits per heavy atom. The van der Waals surface area contributed by atoms with Gasteiger partial charge in [0, 0.05) is 19.1 Å². The highest BCUT2D eigenvalue weighted by Gasteiger charge is 2.52. The van der Waals surface area contributed by atoms with Crippen LogP contribution in [0.2, 0.25) is 0 Å². The maximum Gasteiger partial charge on any atom is 0.346 e. The van der Waals surface area contributed by atoms with Crippen LogP contribution in [0, 0.1) is 0 Å². The Labute approximate surface area is 202 Å². The first-order chi connectivity index (χ1) is 17.1. The lowest BCUT2D eigenvalue weighted by Crippen LogP contribution is -2.60. The lowest BCUT2D eigenvalue weighted by molar-refractivity contribution is -0.156. The average Bonchev–Trinajstić information content (AvgIpc) is 3.60. The van der Waals surface area contributed by atoms with Gasteiger partial charge < -0.3 is 24.0 Å². The average molecular weight is 476 g/mol. The van der Waals surface area contributed by atoms with E-state index in [2.05, 4.69) is 10.1 Å². The summed E-state index contributed by atoms with van der Waals surface area (Å²) in [6.07, 6.45) is 4.15. The van der Waals surface area contributed by atoms with Gasteiger partial charge in [0.05, 0.1) is 19.1 Å². The molecule has 2 atom stereocenters. The summed E-state index contributed by atoms with van der Waals surface area (Å²) in [7, 11) is 1.63. The number of nitrogens with zero attached hydrogens (tertiary/aromatic N) is 5. The van der Waals surface area contributed by atoms with Crippen LogP contribution in [0.1, 0.15) is 35.9 Å². The van der Waals surface area contributed by atoms with E-state index in [4.69, 9.17) is 14.2 Å². The van der Waals surface area contributed by atoms with Gasteiger partial charge in [-0.05, 0) is 48.2 Å². The zero-order chi connectivity index (χ0) is 23.9. The van der Waals surface area contributed by atoms with E-state index in [-0.39, 0.29) is 36.7 Å². The van der Waals surface area contributed by atoms with Crippen molar-refractivity contribution in [2.45, 2.75) is 30.8 Å². The molecule has 4 heterocycles. The van der Waals surface area contributed by atoms with Crippen LogP contribution in [0.4, 0.5) is 4.79 Å². The van der Waals surface area contributed by atoms with Crippen molar-refractivity contribution in [1.29, 1.82) is 0 Å². The van der Waals surface area contributed by atoms with Crippen molar-refractivity contribution < 1.29 is 23.8 Å². The monoisotopic (exact) mass is 475 g/mol. The molecule has 2 amide bonds. The minimum Gasteiger partial charge on any atom is -0.497 e. The molecular formula is C25H25N5O5. The number of amides is 2. The smallest absolute Gasteiger partial charge is 0.346 e. The van der Waals surface area contributed by atoms with E-state index >= 15 is 0 Å². The third-order valence-electron chi connectivity index (χ3n) is 7.09. The van der Waals surface area contributed by atoms with Crippen LogP contribution in [0.25, 0.3) is 0 Å². The second kappa shape index (κ2) is 8.61. The molecule has 0 spiro atoms. The fourth-order valence-electron chi connectivity index (χ4n) is 5.29. The number of hydrogen-bond acceptors (Lipinski definition) is 7. The lowest BCUT2D eigenvalue weighted by Gasteiger charge is -2.53. The van der Waals surface area contributed by atoms with Gasteiger partial charge in [0.15, 0.2) is 11.5 Å². The molecule has 3 aliphatic heterocycles. The lowest BCUT2D eigenvalue weighted by atomic mass is 9.75. The summed E-state index contributed by atoms with van der Waals surface area (Å²) in [5, 5.41) is 3.94. The zero-order valence-corrected chi connectivity index (χ0v) is 19.2. The van der Waals surface area contributed by atoms with Crippen molar-refractivity contribution in [3.05, 3.63) is 66.2 Å². The van der Waals surface area contributed by atoms with E-state index in [9.17, 15) is 9.59 Å². The number of likely N-dealkylation sites (tertiary alicyclic amines) is 2. The normalized spacial score (nSPS) is 21.7. The highest BCUT2D eigenvalue weighted by molar-refractivity contribution is 5.92. The number of fused-ring (bicyclic) bond motifs is 1. The van der Waals surface area contributed by atoms with Crippen molar-refractivity contribution in [2.24, 2.45) is 0 Å². The Morgan fingerprint density at radius 1 is 1.03 bits per heavy atom. The van der Waals surface area contributed by atoms with Gasteiger partial charge in [-0.3, -0.25) is 4.79 Å². The van der Waals surface area contributed by atoms with Crippen molar-refractivity contribution in [2.75, 3.05) is 27.0 Å². The molecule has 0 saturated carbocycles. The number of carbonyl (C=O) groups is 2. The highest BCUT2D eigenvalue weighted by Crippen LogP contribution is 2.50. The first kappa shape index (κ1) is 21.5. The molecule has 6 rings (SSSR count). The summed E-state index contributed by atoms with van der Waals surface area (Å²) in [4.78, 5) is 33.8. The van der Waals surface area contributed by atoms with Crippen molar-refractivity contribution in [3.8, 4) is 17.2 Å². The van der Waals surface area contributed by atoms with Gasteiger partial charge in [0.25, 0.3) is 0 Å². The van der Waals surface area contributed by atoms with Crippen LogP contribution in [-0.2, 0) is 4.79 Å². The predicted molar refractivity (Wildman–Crippen MR) is 123 cm³/mol.